The molecule has 0 N–H and O–H groups in total. The first-order valence-corrected chi connectivity index (χ1v) is 31.5. The highest BCUT2D eigenvalue weighted by molar-refractivity contribution is 5.71. The van der Waals surface area contributed by atoms with Crippen molar-refractivity contribution < 1.29 is 28.6 Å². The predicted octanol–water partition coefficient (Wildman–Crippen LogP) is 21.6. The molecule has 0 aromatic carbocycles. The lowest BCUT2D eigenvalue weighted by Crippen LogP contribution is -2.30. The second kappa shape index (κ2) is 63.3. The van der Waals surface area contributed by atoms with Gasteiger partial charge in [0.15, 0.2) is 6.10 Å². The molecule has 0 saturated carbocycles. The van der Waals surface area contributed by atoms with Crippen LogP contribution in [0.5, 0.6) is 0 Å². The highest BCUT2D eigenvalue weighted by Crippen LogP contribution is 2.16. The van der Waals surface area contributed by atoms with Crippen LogP contribution in [0.1, 0.15) is 284 Å². The molecule has 76 heavy (non-hydrogen) atoms. The van der Waals surface area contributed by atoms with Gasteiger partial charge in [0.05, 0.1) is 0 Å². The fraction of sp³-hybridized carbons (Fsp3) is 0.671. The Labute approximate surface area is 469 Å². The summed E-state index contributed by atoms with van der Waals surface area (Å²) < 4.78 is 16.9. The van der Waals surface area contributed by atoms with Crippen LogP contribution in [-0.4, -0.2) is 37.2 Å². The van der Waals surface area contributed by atoms with Crippen LogP contribution in [0.4, 0.5) is 0 Å². The topological polar surface area (TPSA) is 78.9 Å². The lowest BCUT2D eigenvalue weighted by molar-refractivity contribution is -0.167. The molecule has 0 aromatic heterocycles. The van der Waals surface area contributed by atoms with Gasteiger partial charge in [0.25, 0.3) is 0 Å². The molecule has 6 nitrogen and oxygen atoms in total. The molecule has 6 heteroatoms. The van der Waals surface area contributed by atoms with Crippen molar-refractivity contribution in [2.45, 2.75) is 290 Å². The number of esters is 3. The van der Waals surface area contributed by atoms with Crippen molar-refractivity contribution >= 4 is 17.9 Å². The first-order chi connectivity index (χ1) is 37.5. The molecule has 432 valence electrons. The Morgan fingerprint density at radius 3 is 0.816 bits per heavy atom. The van der Waals surface area contributed by atoms with Crippen LogP contribution in [0.25, 0.3) is 0 Å². The number of carbonyl (C=O) groups is 3. The number of carbonyl (C=O) groups excluding carboxylic acids is 3. The van der Waals surface area contributed by atoms with E-state index in [1.54, 1.807) is 0 Å². The molecule has 0 spiro atoms. The van der Waals surface area contributed by atoms with E-state index in [-0.39, 0.29) is 31.1 Å². The predicted molar refractivity (Wildman–Crippen MR) is 330 cm³/mol. The summed E-state index contributed by atoms with van der Waals surface area (Å²) in [5.41, 5.74) is 0. The van der Waals surface area contributed by atoms with Gasteiger partial charge < -0.3 is 14.2 Å². The van der Waals surface area contributed by atoms with Crippen molar-refractivity contribution in [1.82, 2.24) is 0 Å². The second-order valence-corrected chi connectivity index (χ2v) is 20.6. The van der Waals surface area contributed by atoms with Crippen molar-refractivity contribution in [2.24, 2.45) is 0 Å². The van der Waals surface area contributed by atoms with Gasteiger partial charge in [0.2, 0.25) is 0 Å². The van der Waals surface area contributed by atoms with Crippen LogP contribution in [0.2, 0.25) is 0 Å². The Bertz CT molecular complexity index is 1590. The average Bonchev–Trinajstić information content (AvgIpc) is 3.42. The summed E-state index contributed by atoms with van der Waals surface area (Å²) >= 11 is 0. The average molecular weight is 1050 g/mol. The molecule has 1 atom stereocenters. The van der Waals surface area contributed by atoms with Gasteiger partial charge in [-0.3, -0.25) is 14.4 Å². The van der Waals surface area contributed by atoms with Crippen LogP contribution in [0, 0.1) is 0 Å². The van der Waals surface area contributed by atoms with E-state index in [4.69, 9.17) is 14.2 Å². The number of unbranched alkanes of at least 4 members (excludes halogenated alkanes) is 25. The quantitative estimate of drug-likeness (QED) is 0.0261. The van der Waals surface area contributed by atoms with Gasteiger partial charge in [0.1, 0.15) is 13.2 Å². The molecular formula is C70H116O6. The summed E-state index contributed by atoms with van der Waals surface area (Å²) in [6.07, 6.45) is 87.7. The second-order valence-electron chi connectivity index (χ2n) is 20.6. The van der Waals surface area contributed by atoms with Gasteiger partial charge >= 0.3 is 17.9 Å². The molecule has 0 amide bonds. The monoisotopic (exact) mass is 1050 g/mol. The normalized spacial score (nSPS) is 12.9. The minimum absolute atomic E-state index is 0.0931. The zero-order valence-electron chi connectivity index (χ0n) is 49.5. The summed E-state index contributed by atoms with van der Waals surface area (Å²) in [5.74, 6) is -0.931. The highest BCUT2D eigenvalue weighted by Gasteiger charge is 2.19. The molecule has 0 radical (unpaired) electrons. The standard InChI is InChI=1S/C70H116O6/c1-4-7-10-13-16-19-22-25-28-31-32-33-34-35-36-37-38-40-42-45-48-51-54-57-60-63-69(72)75-66-67(65-74-68(71)62-59-56-53-50-47-44-41-30-27-24-21-18-15-12-9-6-3)76-70(73)64-61-58-55-52-49-46-43-39-29-26-23-20-17-14-11-8-5-2/h7-8,10-11,16-17,19-20,25-26,28-29,32-33,35-36,38,40,45,48,67H,4-6,9,12-15,18,21-24,27,30-31,34,37,39,41-44,46-47,49-66H2,1-3H3/b10-7-,11-8-,19-16-,20-17-,28-25-,29-26-,33-32-,36-35-,40-38-,48-45-. The molecule has 0 aliphatic heterocycles. The molecule has 0 aromatic rings. The van der Waals surface area contributed by atoms with E-state index in [0.717, 1.165) is 135 Å². The van der Waals surface area contributed by atoms with Crippen molar-refractivity contribution in [2.75, 3.05) is 13.2 Å². The zero-order chi connectivity index (χ0) is 55.0. The summed E-state index contributed by atoms with van der Waals surface area (Å²) in [7, 11) is 0. The Balaban J connectivity index is 4.45. The van der Waals surface area contributed by atoms with Crippen LogP contribution >= 0.6 is 0 Å². The molecule has 0 rings (SSSR count). The number of hydrogen-bond donors (Lipinski definition) is 0. The fourth-order valence-corrected chi connectivity index (χ4v) is 8.56. The number of ether oxygens (including phenoxy) is 3. The number of allylic oxidation sites excluding steroid dienone is 20. The third-order valence-corrected chi connectivity index (χ3v) is 13.2. The SMILES string of the molecule is CC/C=C\C/C=C\C/C=C\C/C=C\C/C=C\C/C=C\C/C=C\CCCCCC(=O)OCC(COC(=O)CCCCCCCCCCCCCCCCCC)OC(=O)CCCCCCCCC/C=C\C/C=C\C/C=C\CC. The molecule has 1 unspecified atom stereocenters. The maximum Gasteiger partial charge on any atom is 0.306 e. The van der Waals surface area contributed by atoms with E-state index in [1.165, 1.54) is 109 Å². The van der Waals surface area contributed by atoms with Crippen LogP contribution in [-0.2, 0) is 28.6 Å². The largest absolute Gasteiger partial charge is 0.462 e. The fourth-order valence-electron chi connectivity index (χ4n) is 8.56. The van der Waals surface area contributed by atoms with E-state index in [1.807, 2.05) is 0 Å². The maximum atomic E-state index is 12.9. The first-order valence-electron chi connectivity index (χ1n) is 31.5. The Kier molecular flexibility index (Phi) is 59.9. The van der Waals surface area contributed by atoms with Crippen molar-refractivity contribution in [3.8, 4) is 0 Å². The summed E-state index contributed by atoms with van der Waals surface area (Å²) in [6.45, 7) is 6.40. The third-order valence-electron chi connectivity index (χ3n) is 13.2. The van der Waals surface area contributed by atoms with E-state index in [0.29, 0.717) is 19.3 Å². The van der Waals surface area contributed by atoms with E-state index >= 15 is 0 Å². The molecule has 0 fully saturated rings. The first kappa shape index (κ1) is 71.8. The molecule has 0 aliphatic carbocycles. The summed E-state index contributed by atoms with van der Waals surface area (Å²) in [5, 5.41) is 0. The molecule has 0 saturated heterocycles. The maximum absolute atomic E-state index is 12.9. The Morgan fingerprint density at radius 2 is 0.513 bits per heavy atom. The van der Waals surface area contributed by atoms with Gasteiger partial charge in [-0.1, -0.05) is 277 Å². The van der Waals surface area contributed by atoms with Gasteiger partial charge in [-0.05, 0) is 109 Å². The number of rotatable bonds is 56. The third kappa shape index (κ3) is 60.7. The zero-order valence-corrected chi connectivity index (χ0v) is 49.5. The van der Waals surface area contributed by atoms with Crippen molar-refractivity contribution in [3.63, 3.8) is 0 Å². The van der Waals surface area contributed by atoms with Crippen molar-refractivity contribution in [1.29, 1.82) is 0 Å². The van der Waals surface area contributed by atoms with Gasteiger partial charge in [0, 0.05) is 19.3 Å². The molecule has 0 bridgehead atoms. The Hall–Kier alpha value is -4.19. The molecular weight excluding hydrogens is 937 g/mol. The minimum atomic E-state index is -0.800. The van der Waals surface area contributed by atoms with Crippen LogP contribution < -0.4 is 0 Å². The minimum Gasteiger partial charge on any atom is -0.462 e. The Morgan fingerprint density at radius 1 is 0.276 bits per heavy atom. The van der Waals surface area contributed by atoms with Gasteiger partial charge in [-0.15, -0.1) is 0 Å². The van der Waals surface area contributed by atoms with Crippen LogP contribution in [0.3, 0.4) is 0 Å². The van der Waals surface area contributed by atoms with E-state index in [2.05, 4.69) is 142 Å². The number of hydrogen-bond acceptors (Lipinski definition) is 6. The summed E-state index contributed by atoms with van der Waals surface area (Å²) in [6, 6.07) is 0. The molecule has 0 heterocycles. The van der Waals surface area contributed by atoms with E-state index < -0.39 is 6.10 Å². The van der Waals surface area contributed by atoms with Crippen molar-refractivity contribution in [3.05, 3.63) is 122 Å². The molecule has 0 aliphatic rings. The smallest absolute Gasteiger partial charge is 0.306 e. The van der Waals surface area contributed by atoms with Crippen LogP contribution in [0.15, 0.2) is 122 Å². The van der Waals surface area contributed by atoms with E-state index in [9.17, 15) is 14.4 Å². The lowest BCUT2D eigenvalue weighted by Gasteiger charge is -2.18. The highest BCUT2D eigenvalue weighted by atomic mass is 16.6. The lowest BCUT2D eigenvalue weighted by atomic mass is 10.0. The summed E-state index contributed by atoms with van der Waals surface area (Å²) in [4.78, 5) is 38.3. The van der Waals surface area contributed by atoms with Gasteiger partial charge in [-0.2, -0.15) is 0 Å². The van der Waals surface area contributed by atoms with Gasteiger partial charge in [-0.25, -0.2) is 0 Å².